The smallest absolute Gasteiger partial charge is 0.226 e. The second-order valence-electron chi connectivity index (χ2n) is 8.68. The van der Waals surface area contributed by atoms with Gasteiger partial charge in [0.25, 0.3) is 0 Å². The number of benzene rings is 1. The number of nitrogens with one attached hydrogen (secondary N) is 3. The fraction of sp³-hybridized carbons (Fsp3) is 0.115. The van der Waals surface area contributed by atoms with Gasteiger partial charge < -0.3 is 10.3 Å². The number of halogens is 1. The van der Waals surface area contributed by atoms with Gasteiger partial charge in [0.05, 0.1) is 34.0 Å². The summed E-state index contributed by atoms with van der Waals surface area (Å²) in [4.78, 5) is 28.8. The standard InChI is InChI=1S/C26H20FN7OS/c1-13(2)26(35)30-16-9-15(10-28-11-16)17-3-4-18-20(21(17)27)24(34-33-18)25-31-19-5-7-29-22(23(19)32-25)14-6-8-36-12-14/h3-13H,1-2H3,(H,30,35)(H,31,32)(H,33,34). The molecule has 0 saturated carbocycles. The molecule has 1 amide bonds. The van der Waals surface area contributed by atoms with Crippen LogP contribution in [0, 0.1) is 11.7 Å². The highest BCUT2D eigenvalue weighted by molar-refractivity contribution is 7.08. The molecule has 0 aliphatic heterocycles. The second kappa shape index (κ2) is 8.65. The number of fused-ring (bicyclic) bond motifs is 2. The summed E-state index contributed by atoms with van der Waals surface area (Å²) in [7, 11) is 0. The van der Waals surface area contributed by atoms with E-state index in [1.54, 1.807) is 55.8 Å². The number of amides is 1. The summed E-state index contributed by atoms with van der Waals surface area (Å²) in [5.74, 6) is -0.340. The molecule has 0 saturated heterocycles. The van der Waals surface area contributed by atoms with Crippen LogP contribution in [0.2, 0.25) is 0 Å². The van der Waals surface area contributed by atoms with Gasteiger partial charge in [-0.3, -0.25) is 19.9 Å². The van der Waals surface area contributed by atoms with E-state index in [-0.39, 0.29) is 11.8 Å². The predicted octanol–water partition coefficient (Wildman–Crippen LogP) is 6.03. The number of H-pyrrole nitrogens is 2. The van der Waals surface area contributed by atoms with Gasteiger partial charge in [-0.15, -0.1) is 0 Å². The van der Waals surface area contributed by atoms with Crippen LogP contribution in [0.3, 0.4) is 0 Å². The average molecular weight is 498 g/mol. The molecule has 178 valence electrons. The Hall–Kier alpha value is -4.44. The van der Waals surface area contributed by atoms with E-state index in [0.717, 1.165) is 16.8 Å². The van der Waals surface area contributed by atoms with E-state index in [4.69, 9.17) is 4.98 Å². The highest BCUT2D eigenvalue weighted by Gasteiger charge is 2.21. The molecule has 3 N–H and O–H groups in total. The summed E-state index contributed by atoms with van der Waals surface area (Å²) in [5.41, 5.74) is 5.50. The molecule has 5 heterocycles. The number of aromatic amines is 2. The van der Waals surface area contributed by atoms with Crippen LogP contribution < -0.4 is 5.32 Å². The van der Waals surface area contributed by atoms with Gasteiger partial charge in [0.1, 0.15) is 17.0 Å². The predicted molar refractivity (Wildman–Crippen MR) is 139 cm³/mol. The highest BCUT2D eigenvalue weighted by atomic mass is 32.1. The van der Waals surface area contributed by atoms with Crippen LogP contribution in [0.4, 0.5) is 10.1 Å². The zero-order chi connectivity index (χ0) is 24.8. The van der Waals surface area contributed by atoms with E-state index in [1.165, 1.54) is 6.20 Å². The molecule has 0 spiro atoms. The third kappa shape index (κ3) is 3.72. The zero-order valence-corrected chi connectivity index (χ0v) is 20.2. The number of rotatable bonds is 5. The molecule has 6 rings (SSSR count). The largest absolute Gasteiger partial charge is 0.336 e. The van der Waals surface area contributed by atoms with Gasteiger partial charge in [-0.25, -0.2) is 9.37 Å². The van der Waals surface area contributed by atoms with Crippen molar-refractivity contribution in [2.45, 2.75) is 13.8 Å². The Labute approximate surface area is 208 Å². The van der Waals surface area contributed by atoms with Crippen molar-refractivity contribution in [2.24, 2.45) is 5.92 Å². The summed E-state index contributed by atoms with van der Waals surface area (Å²) in [6, 6.07) is 8.97. The number of aromatic nitrogens is 6. The Balaban J connectivity index is 1.46. The van der Waals surface area contributed by atoms with Crippen LogP contribution in [0.25, 0.3) is 55.8 Å². The maximum Gasteiger partial charge on any atom is 0.226 e. The third-order valence-electron chi connectivity index (χ3n) is 5.93. The molecule has 5 aromatic heterocycles. The molecule has 0 aliphatic rings. The summed E-state index contributed by atoms with van der Waals surface area (Å²) in [6.45, 7) is 3.61. The lowest BCUT2D eigenvalue weighted by Gasteiger charge is -2.10. The van der Waals surface area contributed by atoms with Crippen LogP contribution in [-0.4, -0.2) is 36.0 Å². The quantitative estimate of drug-likeness (QED) is 0.269. The first-order chi connectivity index (χ1) is 17.5. The molecule has 1 aromatic carbocycles. The number of anilines is 1. The molecule has 0 radical (unpaired) electrons. The summed E-state index contributed by atoms with van der Waals surface area (Å²) in [5, 5.41) is 14.4. The Kier molecular flexibility index (Phi) is 5.30. The molecule has 8 nitrogen and oxygen atoms in total. The van der Waals surface area contributed by atoms with E-state index >= 15 is 4.39 Å². The van der Waals surface area contributed by atoms with Crippen LogP contribution in [0.5, 0.6) is 0 Å². The van der Waals surface area contributed by atoms with Crippen molar-refractivity contribution in [1.29, 1.82) is 0 Å². The first kappa shape index (κ1) is 22.1. The first-order valence-corrected chi connectivity index (χ1v) is 12.2. The molecule has 0 fully saturated rings. The fourth-order valence-corrected chi connectivity index (χ4v) is 4.71. The molecule has 6 aromatic rings. The van der Waals surface area contributed by atoms with E-state index in [9.17, 15) is 4.79 Å². The van der Waals surface area contributed by atoms with Crippen molar-refractivity contribution < 1.29 is 9.18 Å². The number of carbonyl (C=O) groups excluding carboxylic acids is 1. The Morgan fingerprint density at radius 1 is 1.08 bits per heavy atom. The van der Waals surface area contributed by atoms with Crippen molar-refractivity contribution in [1.82, 2.24) is 30.1 Å². The highest BCUT2D eigenvalue weighted by Crippen LogP contribution is 2.35. The minimum Gasteiger partial charge on any atom is -0.336 e. The molecule has 0 unspecified atom stereocenters. The maximum absolute atomic E-state index is 16.0. The molecule has 36 heavy (non-hydrogen) atoms. The van der Waals surface area contributed by atoms with Gasteiger partial charge in [0.15, 0.2) is 5.82 Å². The van der Waals surface area contributed by atoms with E-state index < -0.39 is 5.82 Å². The number of imidazole rings is 1. The molecule has 0 atom stereocenters. The normalized spacial score (nSPS) is 11.6. The number of pyridine rings is 2. The van der Waals surface area contributed by atoms with Crippen LogP contribution in [-0.2, 0) is 4.79 Å². The molecular weight excluding hydrogens is 477 g/mol. The van der Waals surface area contributed by atoms with Crippen LogP contribution >= 0.6 is 11.3 Å². The number of carbonyl (C=O) groups is 1. The summed E-state index contributed by atoms with van der Waals surface area (Å²) >= 11 is 1.58. The number of hydrogen-bond acceptors (Lipinski definition) is 6. The molecular formula is C26H20FN7OS. The number of nitrogens with zero attached hydrogens (tertiary/aromatic N) is 4. The van der Waals surface area contributed by atoms with Crippen molar-refractivity contribution in [3.63, 3.8) is 0 Å². The minimum atomic E-state index is -0.456. The van der Waals surface area contributed by atoms with Gasteiger partial charge in [0, 0.05) is 40.4 Å². The zero-order valence-electron chi connectivity index (χ0n) is 19.3. The number of thiophene rings is 1. The van der Waals surface area contributed by atoms with Gasteiger partial charge >= 0.3 is 0 Å². The van der Waals surface area contributed by atoms with Crippen molar-refractivity contribution in [3.05, 3.63) is 65.5 Å². The van der Waals surface area contributed by atoms with Gasteiger partial charge in [0.2, 0.25) is 5.91 Å². The van der Waals surface area contributed by atoms with E-state index in [2.05, 4.69) is 30.5 Å². The second-order valence-corrected chi connectivity index (χ2v) is 9.46. The van der Waals surface area contributed by atoms with E-state index in [0.29, 0.717) is 44.8 Å². The fourth-order valence-electron chi connectivity index (χ4n) is 4.07. The molecule has 0 aliphatic carbocycles. The van der Waals surface area contributed by atoms with Crippen LogP contribution in [0.1, 0.15) is 13.8 Å². The Morgan fingerprint density at radius 2 is 1.97 bits per heavy atom. The lowest BCUT2D eigenvalue weighted by molar-refractivity contribution is -0.118. The lowest BCUT2D eigenvalue weighted by Crippen LogP contribution is -2.17. The SMILES string of the molecule is CC(C)C(=O)Nc1cncc(-c2ccc3[nH]nc(-c4nc5c(-c6ccsc6)nccc5[nH]4)c3c2F)c1. The third-order valence-corrected chi connectivity index (χ3v) is 6.61. The van der Waals surface area contributed by atoms with Gasteiger partial charge in [-0.2, -0.15) is 16.4 Å². The van der Waals surface area contributed by atoms with Crippen molar-refractivity contribution >= 4 is 44.9 Å². The number of hydrogen-bond donors (Lipinski definition) is 3. The lowest BCUT2D eigenvalue weighted by atomic mass is 10.0. The van der Waals surface area contributed by atoms with E-state index in [1.807, 2.05) is 22.9 Å². The molecule has 10 heteroatoms. The summed E-state index contributed by atoms with van der Waals surface area (Å²) < 4.78 is 16.0. The Morgan fingerprint density at radius 3 is 2.78 bits per heavy atom. The topological polar surface area (TPSA) is 112 Å². The summed E-state index contributed by atoms with van der Waals surface area (Å²) in [6.07, 6.45) is 4.82. The van der Waals surface area contributed by atoms with Crippen molar-refractivity contribution in [3.8, 4) is 33.9 Å². The van der Waals surface area contributed by atoms with Gasteiger partial charge in [-0.05, 0) is 35.7 Å². The Bertz CT molecular complexity index is 1740. The minimum absolute atomic E-state index is 0.136. The first-order valence-electron chi connectivity index (χ1n) is 11.3. The molecule has 0 bridgehead atoms. The average Bonchev–Trinajstić information content (AvgIpc) is 3.63. The maximum atomic E-state index is 16.0. The van der Waals surface area contributed by atoms with Gasteiger partial charge in [-0.1, -0.05) is 13.8 Å². The van der Waals surface area contributed by atoms with Crippen LogP contribution in [0.15, 0.2) is 59.7 Å². The monoisotopic (exact) mass is 497 g/mol. The van der Waals surface area contributed by atoms with Crippen molar-refractivity contribution in [2.75, 3.05) is 5.32 Å².